The summed E-state index contributed by atoms with van der Waals surface area (Å²) in [4.78, 5) is 16.7. The van der Waals surface area contributed by atoms with Crippen molar-refractivity contribution in [2.75, 3.05) is 13.2 Å². The van der Waals surface area contributed by atoms with Gasteiger partial charge >= 0.3 is 0 Å². The average Bonchev–Trinajstić information content (AvgIpc) is 3.27. The minimum atomic E-state index is -0.186. The molecule has 1 aromatic carbocycles. The number of imidazole rings is 1. The van der Waals surface area contributed by atoms with Crippen LogP contribution in [-0.4, -0.2) is 40.0 Å². The minimum absolute atomic E-state index is 0.0421. The molecule has 2 aromatic rings. The summed E-state index contributed by atoms with van der Waals surface area (Å²) >= 11 is 1.50. The highest BCUT2D eigenvalue weighted by Crippen LogP contribution is 2.30. The molecular formula is C19H25N3O2S. The average molecular weight is 359 g/mol. The van der Waals surface area contributed by atoms with Crippen molar-refractivity contribution in [2.24, 2.45) is 0 Å². The number of nitrogens with one attached hydrogen (secondary N) is 1. The first-order chi connectivity index (χ1) is 12.2. The number of hydrogen-bond donors (Lipinski definition) is 1. The molecule has 1 N–H and O–H groups in total. The van der Waals surface area contributed by atoms with Crippen LogP contribution in [0.1, 0.15) is 26.7 Å². The molecule has 0 saturated carbocycles. The van der Waals surface area contributed by atoms with E-state index in [1.807, 2.05) is 38.2 Å². The maximum Gasteiger partial charge on any atom is 0.233 e. The first-order valence-corrected chi connectivity index (χ1v) is 9.74. The smallest absolute Gasteiger partial charge is 0.233 e. The summed E-state index contributed by atoms with van der Waals surface area (Å²) in [5.74, 6) is 0.0421. The lowest BCUT2D eigenvalue weighted by Gasteiger charge is -2.17. The molecule has 25 heavy (non-hydrogen) atoms. The first-order valence-electron chi connectivity index (χ1n) is 8.86. The summed E-state index contributed by atoms with van der Waals surface area (Å²) in [6.07, 6.45) is 4.30. The number of rotatable bonds is 7. The summed E-state index contributed by atoms with van der Waals surface area (Å²) in [5, 5.41) is 3.56. The van der Waals surface area contributed by atoms with Crippen molar-refractivity contribution in [3.8, 4) is 11.3 Å². The van der Waals surface area contributed by atoms with Crippen molar-refractivity contribution >= 4 is 17.7 Å². The fourth-order valence-corrected chi connectivity index (χ4v) is 3.91. The molecule has 5 nitrogen and oxygen atoms in total. The number of ether oxygens (including phenoxy) is 1. The van der Waals surface area contributed by atoms with E-state index in [1.54, 1.807) is 0 Å². The minimum Gasteiger partial charge on any atom is -0.376 e. The van der Waals surface area contributed by atoms with E-state index in [2.05, 4.69) is 27.0 Å². The fourth-order valence-electron chi connectivity index (χ4n) is 2.99. The molecule has 3 rings (SSSR count). The molecule has 6 heteroatoms. The summed E-state index contributed by atoms with van der Waals surface area (Å²) in [7, 11) is 0. The van der Waals surface area contributed by atoms with Gasteiger partial charge in [0.2, 0.25) is 5.91 Å². The largest absolute Gasteiger partial charge is 0.376 e. The quantitative estimate of drug-likeness (QED) is 0.770. The van der Waals surface area contributed by atoms with Crippen LogP contribution in [0.2, 0.25) is 0 Å². The Hall–Kier alpha value is -1.79. The van der Waals surface area contributed by atoms with E-state index in [9.17, 15) is 4.79 Å². The lowest BCUT2D eigenvalue weighted by Crippen LogP contribution is -2.30. The maximum absolute atomic E-state index is 12.1. The van der Waals surface area contributed by atoms with Gasteiger partial charge in [0.15, 0.2) is 5.16 Å². The second-order valence-corrected chi connectivity index (χ2v) is 7.50. The van der Waals surface area contributed by atoms with E-state index >= 15 is 0 Å². The number of nitrogens with zero attached hydrogens (tertiary/aromatic N) is 2. The summed E-state index contributed by atoms with van der Waals surface area (Å²) in [6, 6.07) is 10.2. The van der Waals surface area contributed by atoms with Crippen LogP contribution in [0.25, 0.3) is 11.3 Å². The highest BCUT2D eigenvalue weighted by molar-refractivity contribution is 8.00. The van der Waals surface area contributed by atoms with Crippen LogP contribution < -0.4 is 5.32 Å². The normalized spacial score (nSPS) is 18.2. The number of benzene rings is 1. The summed E-state index contributed by atoms with van der Waals surface area (Å²) in [6.45, 7) is 6.10. The molecule has 2 unspecified atom stereocenters. The molecule has 1 amide bonds. The Kier molecular flexibility index (Phi) is 6.15. The van der Waals surface area contributed by atoms with Gasteiger partial charge in [-0.1, -0.05) is 42.1 Å². The topological polar surface area (TPSA) is 56.2 Å². The lowest BCUT2D eigenvalue weighted by molar-refractivity contribution is -0.120. The highest BCUT2D eigenvalue weighted by Gasteiger charge is 2.23. The number of carbonyl (C=O) groups excluding carboxylic acids is 1. The van der Waals surface area contributed by atoms with Gasteiger partial charge in [0.25, 0.3) is 0 Å². The van der Waals surface area contributed by atoms with Crippen molar-refractivity contribution in [3.05, 3.63) is 36.5 Å². The Bertz CT molecular complexity index is 696. The van der Waals surface area contributed by atoms with Gasteiger partial charge in [0.05, 0.1) is 29.8 Å². The predicted octanol–water partition coefficient (Wildman–Crippen LogP) is 3.35. The zero-order chi connectivity index (χ0) is 17.6. The molecule has 1 aromatic heterocycles. The van der Waals surface area contributed by atoms with E-state index in [0.29, 0.717) is 6.54 Å². The molecular weight excluding hydrogens is 334 g/mol. The number of hydrogen-bond acceptors (Lipinski definition) is 4. The van der Waals surface area contributed by atoms with E-state index in [0.717, 1.165) is 42.4 Å². The van der Waals surface area contributed by atoms with Gasteiger partial charge in [0, 0.05) is 13.2 Å². The number of carbonyl (C=O) groups is 1. The van der Waals surface area contributed by atoms with Crippen LogP contribution in [0.5, 0.6) is 0 Å². The number of thioether (sulfide) groups is 1. The Morgan fingerprint density at radius 2 is 2.24 bits per heavy atom. The van der Waals surface area contributed by atoms with Crippen molar-refractivity contribution in [1.29, 1.82) is 0 Å². The zero-order valence-corrected chi connectivity index (χ0v) is 15.6. The molecule has 1 saturated heterocycles. The summed E-state index contributed by atoms with van der Waals surface area (Å²) in [5.41, 5.74) is 2.20. The van der Waals surface area contributed by atoms with E-state index in [1.165, 1.54) is 11.8 Å². The molecule has 1 aliphatic heterocycles. The second kappa shape index (κ2) is 8.54. The third-order valence-electron chi connectivity index (χ3n) is 4.30. The molecule has 0 spiro atoms. The maximum atomic E-state index is 12.1. The second-order valence-electron chi connectivity index (χ2n) is 6.19. The van der Waals surface area contributed by atoms with Gasteiger partial charge < -0.3 is 14.6 Å². The van der Waals surface area contributed by atoms with Crippen LogP contribution in [0.3, 0.4) is 0 Å². The fraction of sp³-hybridized carbons (Fsp3) is 0.474. The van der Waals surface area contributed by atoms with Gasteiger partial charge in [-0.15, -0.1) is 0 Å². The number of amides is 1. The molecule has 0 bridgehead atoms. The Balaban J connectivity index is 1.86. The third-order valence-corrected chi connectivity index (χ3v) is 5.41. The third kappa shape index (κ3) is 4.44. The monoisotopic (exact) mass is 359 g/mol. The molecule has 1 fully saturated rings. The van der Waals surface area contributed by atoms with Gasteiger partial charge in [-0.25, -0.2) is 4.98 Å². The van der Waals surface area contributed by atoms with Crippen LogP contribution in [0, 0.1) is 0 Å². The molecule has 2 heterocycles. The van der Waals surface area contributed by atoms with Gasteiger partial charge in [-0.3, -0.25) is 4.79 Å². The molecule has 134 valence electrons. The standard InChI is InChI=1S/C19H25N3O2S/c1-3-20-18(23)14(2)25-19-21-12-17(15-8-5-4-6-9-15)22(19)13-16-10-7-11-24-16/h4-6,8-9,12,14,16H,3,7,10-11,13H2,1-2H3,(H,20,23). The Morgan fingerprint density at radius 3 is 2.92 bits per heavy atom. The molecule has 0 radical (unpaired) electrons. The van der Waals surface area contributed by atoms with Gasteiger partial charge in [-0.05, 0) is 32.3 Å². The van der Waals surface area contributed by atoms with Crippen LogP contribution >= 0.6 is 11.8 Å². The van der Waals surface area contributed by atoms with E-state index in [-0.39, 0.29) is 17.3 Å². The Labute approximate surface area is 153 Å². The first kappa shape index (κ1) is 18.0. The SMILES string of the molecule is CCNC(=O)C(C)Sc1ncc(-c2ccccc2)n1CC1CCCO1. The van der Waals surface area contributed by atoms with Crippen molar-refractivity contribution < 1.29 is 9.53 Å². The lowest BCUT2D eigenvalue weighted by atomic mass is 10.1. The Morgan fingerprint density at radius 1 is 1.44 bits per heavy atom. The zero-order valence-electron chi connectivity index (χ0n) is 14.8. The van der Waals surface area contributed by atoms with E-state index in [4.69, 9.17) is 4.74 Å². The molecule has 0 aliphatic carbocycles. The van der Waals surface area contributed by atoms with Crippen molar-refractivity contribution in [3.63, 3.8) is 0 Å². The molecule has 2 atom stereocenters. The van der Waals surface area contributed by atoms with Crippen LogP contribution in [0.4, 0.5) is 0 Å². The van der Waals surface area contributed by atoms with Crippen molar-refractivity contribution in [2.45, 2.75) is 49.7 Å². The van der Waals surface area contributed by atoms with Gasteiger partial charge in [0.1, 0.15) is 0 Å². The summed E-state index contributed by atoms with van der Waals surface area (Å²) < 4.78 is 8.03. The van der Waals surface area contributed by atoms with Crippen LogP contribution in [0.15, 0.2) is 41.7 Å². The van der Waals surface area contributed by atoms with Crippen LogP contribution in [-0.2, 0) is 16.1 Å². The van der Waals surface area contributed by atoms with Crippen molar-refractivity contribution in [1.82, 2.24) is 14.9 Å². The number of aromatic nitrogens is 2. The highest BCUT2D eigenvalue weighted by atomic mass is 32.2. The van der Waals surface area contributed by atoms with Gasteiger partial charge in [-0.2, -0.15) is 0 Å². The van der Waals surface area contributed by atoms with E-state index < -0.39 is 0 Å². The molecule has 1 aliphatic rings. The predicted molar refractivity (Wildman–Crippen MR) is 101 cm³/mol.